The van der Waals surface area contributed by atoms with E-state index in [-0.39, 0.29) is 18.1 Å². The molecular formula is C12H24N2O5. The molecule has 0 aromatic heterocycles. The molecule has 0 bridgehead atoms. The van der Waals surface area contributed by atoms with Gasteiger partial charge in [0.1, 0.15) is 6.04 Å². The Bertz CT molecular complexity index is 301. The first kappa shape index (κ1) is 17.8. The molecule has 7 heteroatoms. The SMILES string of the molecule is CC(C)(C)NC[C@@H](O)CO.O=C1CC[C@H](C(=O)O)N1. The van der Waals surface area contributed by atoms with Gasteiger partial charge in [-0.1, -0.05) is 0 Å². The number of carbonyl (C=O) groups excluding carboxylic acids is 1. The highest BCUT2D eigenvalue weighted by molar-refractivity contribution is 5.87. The molecule has 0 saturated carbocycles. The number of amides is 1. The van der Waals surface area contributed by atoms with Crippen LogP contribution in [-0.4, -0.2) is 58.0 Å². The van der Waals surface area contributed by atoms with Crippen LogP contribution in [0.15, 0.2) is 0 Å². The van der Waals surface area contributed by atoms with E-state index in [0.717, 1.165) is 0 Å². The number of β-amino-alcohol motifs (C(OH)–C–C–N with tert-alkyl or cyclic N) is 1. The number of hydrogen-bond acceptors (Lipinski definition) is 5. The average molecular weight is 276 g/mol. The van der Waals surface area contributed by atoms with Crippen LogP contribution in [0.25, 0.3) is 0 Å². The lowest BCUT2D eigenvalue weighted by Crippen LogP contribution is -2.41. The lowest BCUT2D eigenvalue weighted by Gasteiger charge is -2.21. The molecular weight excluding hydrogens is 252 g/mol. The normalized spacial score (nSPS) is 20.3. The molecule has 7 nitrogen and oxygen atoms in total. The standard InChI is InChI=1S/C7H17NO2.C5H7NO3/c1-7(2,3)8-4-6(10)5-9;7-4-2-1-3(6-4)5(8)9/h6,8-10H,4-5H2,1-3H3;3H,1-2H2,(H,6,7)(H,8,9)/t6-;3-/m11/s1. The summed E-state index contributed by atoms with van der Waals surface area (Å²) in [5.74, 6) is -1.11. The molecule has 1 rings (SSSR count). The monoisotopic (exact) mass is 276 g/mol. The number of carboxylic acid groups (broad SMARTS) is 1. The number of nitrogens with one attached hydrogen (secondary N) is 2. The van der Waals surface area contributed by atoms with Crippen LogP contribution in [0.2, 0.25) is 0 Å². The largest absolute Gasteiger partial charge is 0.480 e. The predicted molar refractivity (Wildman–Crippen MR) is 69.6 cm³/mol. The highest BCUT2D eigenvalue weighted by atomic mass is 16.4. The van der Waals surface area contributed by atoms with Crippen molar-refractivity contribution < 1.29 is 24.9 Å². The van der Waals surface area contributed by atoms with Crippen molar-refractivity contribution in [2.24, 2.45) is 0 Å². The lowest BCUT2D eigenvalue weighted by molar-refractivity contribution is -0.140. The van der Waals surface area contributed by atoms with E-state index >= 15 is 0 Å². The van der Waals surface area contributed by atoms with Crippen molar-refractivity contribution in [2.75, 3.05) is 13.2 Å². The molecule has 0 spiro atoms. The van der Waals surface area contributed by atoms with E-state index in [1.54, 1.807) is 0 Å². The summed E-state index contributed by atoms with van der Waals surface area (Å²) in [6.07, 6.45) is 0.129. The second kappa shape index (κ2) is 8.08. The highest BCUT2D eigenvalue weighted by Crippen LogP contribution is 2.05. The molecule has 0 aromatic rings. The van der Waals surface area contributed by atoms with Gasteiger partial charge in [0.2, 0.25) is 5.91 Å². The van der Waals surface area contributed by atoms with Crippen LogP contribution >= 0.6 is 0 Å². The topological polar surface area (TPSA) is 119 Å². The van der Waals surface area contributed by atoms with Crippen LogP contribution in [0.4, 0.5) is 0 Å². The molecule has 0 aliphatic carbocycles. The van der Waals surface area contributed by atoms with Crippen molar-refractivity contribution in [3.63, 3.8) is 0 Å². The third-order valence-corrected chi connectivity index (χ3v) is 2.37. The maximum Gasteiger partial charge on any atom is 0.326 e. The molecule has 0 radical (unpaired) electrons. The van der Waals surface area contributed by atoms with Gasteiger partial charge in [-0.05, 0) is 27.2 Å². The minimum Gasteiger partial charge on any atom is -0.480 e. The Morgan fingerprint density at radius 2 is 2.11 bits per heavy atom. The van der Waals surface area contributed by atoms with E-state index in [9.17, 15) is 9.59 Å². The maximum atomic E-state index is 10.4. The highest BCUT2D eigenvalue weighted by Gasteiger charge is 2.26. The fourth-order valence-corrected chi connectivity index (χ4v) is 1.29. The van der Waals surface area contributed by atoms with Crippen molar-refractivity contribution in [3.05, 3.63) is 0 Å². The Morgan fingerprint density at radius 1 is 1.53 bits per heavy atom. The molecule has 0 aromatic carbocycles. The first-order valence-electron chi connectivity index (χ1n) is 6.22. The molecule has 0 unspecified atom stereocenters. The lowest BCUT2D eigenvalue weighted by atomic mass is 10.1. The van der Waals surface area contributed by atoms with Crippen LogP contribution in [0.5, 0.6) is 0 Å². The molecule has 1 saturated heterocycles. The molecule has 5 N–H and O–H groups in total. The van der Waals surface area contributed by atoms with Crippen LogP contribution < -0.4 is 10.6 Å². The molecule has 19 heavy (non-hydrogen) atoms. The van der Waals surface area contributed by atoms with Gasteiger partial charge in [-0.15, -0.1) is 0 Å². The van der Waals surface area contributed by atoms with Gasteiger partial charge in [0.15, 0.2) is 0 Å². The Kier molecular flexibility index (Phi) is 7.58. The zero-order valence-corrected chi connectivity index (χ0v) is 11.6. The average Bonchev–Trinajstić information content (AvgIpc) is 2.73. The van der Waals surface area contributed by atoms with Crippen LogP contribution in [0.1, 0.15) is 33.6 Å². The number of aliphatic carboxylic acids is 1. The Morgan fingerprint density at radius 3 is 2.37 bits per heavy atom. The Labute approximate surface area is 113 Å². The summed E-state index contributed by atoms with van der Waals surface area (Å²) in [4.78, 5) is 20.5. The number of aliphatic hydroxyl groups is 2. The fourth-order valence-electron chi connectivity index (χ4n) is 1.29. The van der Waals surface area contributed by atoms with Crippen LogP contribution in [0.3, 0.4) is 0 Å². The van der Waals surface area contributed by atoms with Gasteiger partial charge in [0, 0.05) is 18.5 Å². The Hall–Kier alpha value is -1.18. The number of aliphatic hydroxyl groups excluding tert-OH is 2. The molecule has 1 amide bonds. The van der Waals surface area contributed by atoms with Gasteiger partial charge in [-0.3, -0.25) is 4.79 Å². The summed E-state index contributed by atoms with van der Waals surface area (Å²) in [5, 5.41) is 31.0. The minimum atomic E-state index is -0.944. The molecule has 112 valence electrons. The van der Waals surface area contributed by atoms with E-state index in [1.807, 2.05) is 20.8 Å². The Balaban J connectivity index is 0.000000342. The summed E-state index contributed by atoms with van der Waals surface area (Å²) >= 11 is 0. The third kappa shape index (κ3) is 9.40. The number of carbonyl (C=O) groups is 2. The van der Waals surface area contributed by atoms with E-state index in [4.69, 9.17) is 15.3 Å². The zero-order valence-electron chi connectivity index (χ0n) is 11.6. The quantitative estimate of drug-likeness (QED) is 0.453. The number of rotatable bonds is 4. The van der Waals surface area contributed by atoms with Crippen molar-refractivity contribution in [1.82, 2.24) is 10.6 Å². The van der Waals surface area contributed by atoms with Gasteiger partial charge in [0.05, 0.1) is 12.7 Å². The van der Waals surface area contributed by atoms with Crippen molar-refractivity contribution in [2.45, 2.75) is 51.3 Å². The number of hydrogen-bond donors (Lipinski definition) is 5. The summed E-state index contributed by atoms with van der Waals surface area (Å²) in [6, 6.07) is -0.641. The van der Waals surface area contributed by atoms with Crippen LogP contribution in [0, 0.1) is 0 Å². The molecule has 1 heterocycles. The first-order valence-corrected chi connectivity index (χ1v) is 6.22. The van der Waals surface area contributed by atoms with Crippen molar-refractivity contribution >= 4 is 11.9 Å². The maximum absolute atomic E-state index is 10.4. The molecule has 1 fully saturated rings. The van der Waals surface area contributed by atoms with E-state index < -0.39 is 18.1 Å². The van der Waals surface area contributed by atoms with E-state index in [0.29, 0.717) is 19.4 Å². The summed E-state index contributed by atoms with van der Waals surface area (Å²) in [6.45, 7) is 6.30. The second-order valence-electron chi connectivity index (χ2n) is 5.46. The van der Waals surface area contributed by atoms with E-state index in [2.05, 4.69) is 10.6 Å². The summed E-state index contributed by atoms with van der Waals surface area (Å²) < 4.78 is 0. The van der Waals surface area contributed by atoms with Gasteiger partial charge < -0.3 is 26.0 Å². The molecule has 1 aliphatic rings. The first-order chi connectivity index (χ1) is 8.65. The van der Waals surface area contributed by atoms with Gasteiger partial charge in [-0.25, -0.2) is 4.79 Å². The smallest absolute Gasteiger partial charge is 0.326 e. The molecule has 1 aliphatic heterocycles. The number of carboxylic acids is 1. The molecule has 2 atom stereocenters. The predicted octanol–water partition coefficient (Wildman–Crippen LogP) is -0.923. The fraction of sp³-hybridized carbons (Fsp3) is 0.833. The van der Waals surface area contributed by atoms with Crippen molar-refractivity contribution in [1.29, 1.82) is 0 Å². The second-order valence-corrected chi connectivity index (χ2v) is 5.46. The third-order valence-electron chi connectivity index (χ3n) is 2.37. The minimum absolute atomic E-state index is 0.0101. The van der Waals surface area contributed by atoms with Gasteiger partial charge in [-0.2, -0.15) is 0 Å². The summed E-state index contributed by atoms with van der Waals surface area (Å²) in [7, 11) is 0. The van der Waals surface area contributed by atoms with Gasteiger partial charge in [0.25, 0.3) is 0 Å². The van der Waals surface area contributed by atoms with Gasteiger partial charge >= 0.3 is 5.97 Å². The summed E-state index contributed by atoms with van der Waals surface area (Å²) in [5.41, 5.74) is 0.0101. The van der Waals surface area contributed by atoms with E-state index in [1.165, 1.54) is 0 Å². The zero-order chi connectivity index (χ0) is 15.1. The van der Waals surface area contributed by atoms with Crippen molar-refractivity contribution in [3.8, 4) is 0 Å². The van der Waals surface area contributed by atoms with Crippen LogP contribution in [-0.2, 0) is 9.59 Å².